The molecule has 1 N–H and O–H groups in total. The van der Waals surface area contributed by atoms with E-state index >= 15 is 0 Å². The van der Waals surface area contributed by atoms with Gasteiger partial charge in [0.25, 0.3) is 0 Å². The van der Waals surface area contributed by atoms with Crippen LogP contribution in [0.25, 0.3) is 0 Å². The molecule has 3 heteroatoms. The molecule has 0 aliphatic carbocycles. The molecular formula is C11H19NO2. The van der Waals surface area contributed by atoms with Crippen molar-refractivity contribution >= 4 is 0 Å². The molecule has 4 unspecified atom stereocenters. The number of ether oxygens (including phenoxy) is 1. The molecule has 0 aromatic rings. The molecule has 4 heterocycles. The highest BCUT2D eigenvalue weighted by atomic mass is 16.5. The van der Waals surface area contributed by atoms with E-state index < -0.39 is 5.60 Å². The van der Waals surface area contributed by atoms with Gasteiger partial charge in [0, 0.05) is 32.2 Å². The minimum absolute atomic E-state index is 0.219. The fourth-order valence-electron chi connectivity index (χ4n) is 3.69. The van der Waals surface area contributed by atoms with Crippen LogP contribution >= 0.6 is 0 Å². The van der Waals surface area contributed by atoms with Crippen LogP contribution in [-0.2, 0) is 4.74 Å². The second kappa shape index (κ2) is 2.71. The molecule has 2 bridgehead atoms. The molecule has 1 spiro atoms. The Hall–Kier alpha value is -0.120. The lowest BCUT2D eigenvalue weighted by molar-refractivity contribution is -0.248. The average Bonchev–Trinajstić information content (AvgIpc) is 2.59. The molecule has 0 aromatic carbocycles. The van der Waals surface area contributed by atoms with Crippen molar-refractivity contribution in [2.45, 2.75) is 37.4 Å². The molecule has 0 saturated carbocycles. The van der Waals surface area contributed by atoms with Crippen molar-refractivity contribution in [1.82, 2.24) is 4.90 Å². The van der Waals surface area contributed by atoms with Crippen LogP contribution in [0.5, 0.6) is 0 Å². The highest BCUT2D eigenvalue weighted by molar-refractivity contribution is 5.14. The Bertz CT molecular complexity index is 250. The molecule has 80 valence electrons. The third-order valence-electron chi connectivity index (χ3n) is 4.53. The average molecular weight is 197 g/mol. The predicted octanol–water partition coefficient (Wildman–Crippen LogP) is 0.622. The summed E-state index contributed by atoms with van der Waals surface area (Å²) < 4.78 is 5.90. The normalized spacial score (nSPS) is 57.0. The Labute approximate surface area is 85.0 Å². The lowest BCUT2D eigenvalue weighted by Gasteiger charge is -2.59. The van der Waals surface area contributed by atoms with Crippen LogP contribution in [0, 0.1) is 5.92 Å². The summed E-state index contributed by atoms with van der Waals surface area (Å²) in [5, 5.41) is 10.8. The summed E-state index contributed by atoms with van der Waals surface area (Å²) in [5.74, 6) is 0.364. The number of aliphatic hydroxyl groups is 1. The maximum atomic E-state index is 10.8. The lowest BCUT2D eigenvalue weighted by Crippen LogP contribution is -2.73. The largest absolute Gasteiger partial charge is 0.386 e. The first kappa shape index (κ1) is 9.13. The van der Waals surface area contributed by atoms with Crippen LogP contribution < -0.4 is 0 Å². The Morgan fingerprint density at radius 3 is 2.93 bits per heavy atom. The minimum atomic E-state index is -0.543. The van der Waals surface area contributed by atoms with E-state index in [1.54, 1.807) is 0 Å². The zero-order valence-electron chi connectivity index (χ0n) is 8.83. The van der Waals surface area contributed by atoms with E-state index in [0.29, 0.717) is 5.92 Å². The van der Waals surface area contributed by atoms with Crippen molar-refractivity contribution in [3.05, 3.63) is 0 Å². The summed E-state index contributed by atoms with van der Waals surface area (Å²) in [4.78, 5) is 2.45. The van der Waals surface area contributed by atoms with Crippen molar-refractivity contribution < 1.29 is 9.84 Å². The number of nitrogens with zero attached hydrogens (tertiary/aromatic N) is 1. The second-order valence-corrected chi connectivity index (χ2v) is 5.26. The number of piperidine rings is 3. The molecule has 14 heavy (non-hydrogen) atoms. The maximum Gasteiger partial charge on any atom is 0.110 e. The standard InChI is InChI=1S/C11H19NO2/c1-9-7-12-5-4-11(9,13)10(8-12)3-2-6-14-10/h9,13H,2-8H2,1H3. The van der Waals surface area contributed by atoms with Crippen molar-refractivity contribution in [3.8, 4) is 0 Å². The summed E-state index contributed by atoms with van der Waals surface area (Å²) in [6.07, 6.45) is 3.06. The van der Waals surface area contributed by atoms with Gasteiger partial charge in [0.05, 0.1) is 5.60 Å². The first-order valence-corrected chi connectivity index (χ1v) is 5.75. The van der Waals surface area contributed by atoms with Gasteiger partial charge < -0.3 is 9.84 Å². The smallest absolute Gasteiger partial charge is 0.110 e. The highest BCUT2D eigenvalue weighted by Crippen LogP contribution is 2.49. The highest BCUT2D eigenvalue weighted by Gasteiger charge is 2.61. The van der Waals surface area contributed by atoms with E-state index in [2.05, 4.69) is 11.8 Å². The molecular weight excluding hydrogens is 178 g/mol. The molecule has 0 aromatic heterocycles. The van der Waals surface area contributed by atoms with Gasteiger partial charge >= 0.3 is 0 Å². The van der Waals surface area contributed by atoms with E-state index in [4.69, 9.17) is 4.74 Å². The van der Waals surface area contributed by atoms with Gasteiger partial charge in [-0.3, -0.25) is 4.90 Å². The number of fused-ring (bicyclic) bond motifs is 2. The SMILES string of the molecule is CC1CN2CCC1(O)C1(CCCO1)C2. The molecule has 4 aliphatic rings. The van der Waals surface area contributed by atoms with Crippen molar-refractivity contribution in [3.63, 3.8) is 0 Å². The maximum absolute atomic E-state index is 10.8. The number of rotatable bonds is 0. The van der Waals surface area contributed by atoms with Gasteiger partial charge in [-0.1, -0.05) is 6.92 Å². The molecule has 0 radical (unpaired) electrons. The van der Waals surface area contributed by atoms with E-state index in [1.165, 1.54) is 0 Å². The quantitative estimate of drug-likeness (QED) is 0.618. The van der Waals surface area contributed by atoms with Gasteiger partial charge in [0.1, 0.15) is 5.60 Å². The lowest BCUT2D eigenvalue weighted by atomic mass is 9.65. The van der Waals surface area contributed by atoms with Crippen LogP contribution in [0.3, 0.4) is 0 Å². The van der Waals surface area contributed by atoms with E-state index in [0.717, 1.165) is 45.5 Å². The van der Waals surface area contributed by atoms with E-state index in [-0.39, 0.29) is 5.60 Å². The molecule has 4 fully saturated rings. The predicted molar refractivity (Wildman–Crippen MR) is 53.1 cm³/mol. The molecule has 4 rings (SSSR count). The topological polar surface area (TPSA) is 32.7 Å². The molecule has 4 atom stereocenters. The summed E-state index contributed by atoms with van der Waals surface area (Å²) in [6.45, 7) is 6.04. The van der Waals surface area contributed by atoms with Crippen molar-refractivity contribution in [2.24, 2.45) is 5.92 Å². The Kier molecular flexibility index (Phi) is 1.77. The molecule has 4 saturated heterocycles. The van der Waals surface area contributed by atoms with E-state index in [9.17, 15) is 5.11 Å². The zero-order valence-corrected chi connectivity index (χ0v) is 8.83. The summed E-state index contributed by atoms with van der Waals surface area (Å²) >= 11 is 0. The van der Waals surface area contributed by atoms with Gasteiger partial charge in [-0.2, -0.15) is 0 Å². The van der Waals surface area contributed by atoms with Gasteiger partial charge in [-0.05, 0) is 19.3 Å². The summed E-state index contributed by atoms with van der Waals surface area (Å²) in [6, 6.07) is 0. The van der Waals surface area contributed by atoms with Crippen molar-refractivity contribution in [2.75, 3.05) is 26.2 Å². The Balaban J connectivity index is 1.98. The van der Waals surface area contributed by atoms with Crippen LogP contribution in [-0.4, -0.2) is 47.4 Å². The van der Waals surface area contributed by atoms with Crippen LogP contribution in [0.15, 0.2) is 0 Å². The van der Waals surface area contributed by atoms with Crippen LogP contribution in [0.4, 0.5) is 0 Å². The van der Waals surface area contributed by atoms with Gasteiger partial charge in [-0.15, -0.1) is 0 Å². The summed E-state index contributed by atoms with van der Waals surface area (Å²) in [5.41, 5.74) is -0.763. The first-order valence-electron chi connectivity index (χ1n) is 5.75. The Morgan fingerprint density at radius 2 is 2.29 bits per heavy atom. The first-order chi connectivity index (χ1) is 6.66. The van der Waals surface area contributed by atoms with Crippen LogP contribution in [0.2, 0.25) is 0 Å². The summed E-state index contributed by atoms with van der Waals surface area (Å²) in [7, 11) is 0. The number of hydrogen-bond donors (Lipinski definition) is 1. The van der Waals surface area contributed by atoms with Crippen molar-refractivity contribution in [1.29, 1.82) is 0 Å². The number of hydrogen-bond acceptors (Lipinski definition) is 3. The minimum Gasteiger partial charge on any atom is -0.386 e. The van der Waals surface area contributed by atoms with Crippen LogP contribution in [0.1, 0.15) is 26.2 Å². The molecule has 4 aliphatic heterocycles. The fraction of sp³-hybridized carbons (Fsp3) is 1.00. The van der Waals surface area contributed by atoms with Gasteiger partial charge in [0.2, 0.25) is 0 Å². The van der Waals surface area contributed by atoms with Gasteiger partial charge in [0.15, 0.2) is 0 Å². The third-order valence-corrected chi connectivity index (χ3v) is 4.53. The fourth-order valence-corrected chi connectivity index (χ4v) is 3.69. The third kappa shape index (κ3) is 0.930. The second-order valence-electron chi connectivity index (χ2n) is 5.26. The Morgan fingerprint density at radius 1 is 1.43 bits per heavy atom. The molecule has 3 nitrogen and oxygen atoms in total. The molecule has 0 amide bonds. The zero-order chi connectivity index (χ0) is 9.81. The monoisotopic (exact) mass is 197 g/mol. The van der Waals surface area contributed by atoms with E-state index in [1.807, 2.05) is 0 Å². The van der Waals surface area contributed by atoms with Gasteiger partial charge in [-0.25, -0.2) is 0 Å².